The average molecular weight is 208 g/mol. The Balaban J connectivity index is 2.38. The molecule has 0 aliphatic carbocycles. The van der Waals surface area contributed by atoms with E-state index in [2.05, 4.69) is 5.32 Å². The molecule has 0 saturated heterocycles. The average Bonchev–Trinajstić information content (AvgIpc) is 2.27. The monoisotopic (exact) mass is 208 g/mol. The van der Waals surface area contributed by atoms with Crippen LogP contribution in [-0.4, -0.2) is 11.7 Å². The highest BCUT2D eigenvalue weighted by Gasteiger charge is 2.19. The summed E-state index contributed by atoms with van der Waals surface area (Å²) < 4.78 is 0. The minimum atomic E-state index is 0.0497. The van der Waals surface area contributed by atoms with Crippen LogP contribution >= 0.6 is 11.8 Å². The first-order valence-electron chi connectivity index (χ1n) is 4.50. The zero-order chi connectivity index (χ0) is 10.1. The van der Waals surface area contributed by atoms with Crippen LogP contribution in [0.25, 0.3) is 0 Å². The van der Waals surface area contributed by atoms with Crippen molar-refractivity contribution in [2.75, 3.05) is 16.8 Å². The topological polar surface area (TPSA) is 55.1 Å². The van der Waals surface area contributed by atoms with Crippen molar-refractivity contribution >= 4 is 29.0 Å². The van der Waals surface area contributed by atoms with Gasteiger partial charge >= 0.3 is 0 Å². The van der Waals surface area contributed by atoms with Crippen LogP contribution in [0.5, 0.6) is 0 Å². The van der Waals surface area contributed by atoms with Gasteiger partial charge in [-0.25, -0.2) is 0 Å². The van der Waals surface area contributed by atoms with E-state index in [4.69, 9.17) is 5.73 Å². The van der Waals surface area contributed by atoms with E-state index < -0.39 is 0 Å². The Labute approximate surface area is 87.1 Å². The quantitative estimate of drug-likeness (QED) is 0.641. The van der Waals surface area contributed by atoms with Crippen molar-refractivity contribution in [2.45, 2.75) is 11.8 Å². The van der Waals surface area contributed by atoms with Gasteiger partial charge in [-0.3, -0.25) is 4.79 Å². The molecule has 4 heteroatoms. The number of carbonyl (C=O) groups is 1. The van der Waals surface area contributed by atoms with Gasteiger partial charge in [0.2, 0.25) is 5.91 Å². The molecule has 1 aromatic carbocycles. The molecular formula is C10H12N2OS. The van der Waals surface area contributed by atoms with Crippen LogP contribution < -0.4 is 11.1 Å². The maximum atomic E-state index is 11.5. The SMILES string of the molecule is CC1CSc2ccc(N)cc2NC1=O. The zero-order valence-corrected chi connectivity index (χ0v) is 8.73. The fraction of sp³-hybridized carbons (Fsp3) is 0.300. The number of amides is 1. The van der Waals surface area contributed by atoms with Gasteiger partial charge in [-0.05, 0) is 18.2 Å². The lowest BCUT2D eigenvalue weighted by molar-refractivity contribution is -0.118. The van der Waals surface area contributed by atoms with Crippen LogP contribution in [0.3, 0.4) is 0 Å². The lowest BCUT2D eigenvalue weighted by Gasteiger charge is -2.06. The molecule has 0 spiro atoms. The van der Waals surface area contributed by atoms with Crippen molar-refractivity contribution in [3.63, 3.8) is 0 Å². The zero-order valence-electron chi connectivity index (χ0n) is 7.91. The van der Waals surface area contributed by atoms with Gasteiger partial charge in [-0.1, -0.05) is 6.92 Å². The highest BCUT2D eigenvalue weighted by Crippen LogP contribution is 2.33. The lowest BCUT2D eigenvalue weighted by Crippen LogP contribution is -2.20. The molecule has 14 heavy (non-hydrogen) atoms. The summed E-state index contributed by atoms with van der Waals surface area (Å²) in [5, 5.41) is 2.87. The molecule has 3 N–H and O–H groups in total. The highest BCUT2D eigenvalue weighted by molar-refractivity contribution is 7.99. The fourth-order valence-electron chi connectivity index (χ4n) is 1.32. The first kappa shape index (κ1) is 9.40. The molecule has 1 aliphatic rings. The van der Waals surface area contributed by atoms with E-state index in [1.54, 1.807) is 17.8 Å². The standard InChI is InChI=1S/C10H12N2OS/c1-6-5-14-9-3-2-7(11)4-8(9)12-10(6)13/h2-4,6H,5,11H2,1H3,(H,12,13). The van der Waals surface area contributed by atoms with Crippen LogP contribution in [0.15, 0.2) is 23.1 Å². The van der Waals surface area contributed by atoms with Gasteiger partial charge in [0.05, 0.1) is 5.69 Å². The van der Waals surface area contributed by atoms with E-state index in [1.807, 2.05) is 19.1 Å². The highest BCUT2D eigenvalue weighted by atomic mass is 32.2. The van der Waals surface area contributed by atoms with Crippen LogP contribution in [0.4, 0.5) is 11.4 Å². The maximum Gasteiger partial charge on any atom is 0.228 e. The number of carbonyl (C=O) groups excluding carboxylic acids is 1. The van der Waals surface area contributed by atoms with Crippen LogP contribution in [0.2, 0.25) is 0 Å². The third-order valence-electron chi connectivity index (χ3n) is 2.20. The van der Waals surface area contributed by atoms with Gasteiger partial charge in [-0.2, -0.15) is 0 Å². The fourth-order valence-corrected chi connectivity index (χ4v) is 2.33. The van der Waals surface area contributed by atoms with Crippen LogP contribution in [-0.2, 0) is 4.79 Å². The summed E-state index contributed by atoms with van der Waals surface area (Å²) in [5.41, 5.74) is 7.17. The predicted molar refractivity (Wildman–Crippen MR) is 59.4 cm³/mol. The number of rotatable bonds is 0. The minimum Gasteiger partial charge on any atom is -0.399 e. The third kappa shape index (κ3) is 1.70. The van der Waals surface area contributed by atoms with Crippen molar-refractivity contribution < 1.29 is 4.79 Å². The molecule has 1 aromatic rings. The molecular weight excluding hydrogens is 196 g/mol. The van der Waals surface area contributed by atoms with Crippen molar-refractivity contribution in [1.29, 1.82) is 0 Å². The third-order valence-corrected chi connectivity index (χ3v) is 3.53. The van der Waals surface area contributed by atoms with Crippen molar-refractivity contribution in [2.24, 2.45) is 5.92 Å². The van der Waals surface area contributed by atoms with Gasteiger partial charge in [0.1, 0.15) is 0 Å². The second-order valence-corrected chi connectivity index (χ2v) is 4.52. The van der Waals surface area contributed by atoms with E-state index in [-0.39, 0.29) is 11.8 Å². The Morgan fingerprint density at radius 2 is 2.36 bits per heavy atom. The Hall–Kier alpha value is -1.16. The van der Waals surface area contributed by atoms with Gasteiger partial charge in [-0.15, -0.1) is 11.8 Å². The summed E-state index contributed by atoms with van der Waals surface area (Å²) in [7, 11) is 0. The first-order valence-corrected chi connectivity index (χ1v) is 5.48. The summed E-state index contributed by atoms with van der Waals surface area (Å²) in [4.78, 5) is 12.6. The Kier molecular flexibility index (Phi) is 2.37. The van der Waals surface area contributed by atoms with E-state index >= 15 is 0 Å². The van der Waals surface area contributed by atoms with E-state index in [9.17, 15) is 4.79 Å². The molecule has 2 rings (SSSR count). The second-order valence-electron chi connectivity index (χ2n) is 3.46. The van der Waals surface area contributed by atoms with Crippen LogP contribution in [0.1, 0.15) is 6.92 Å². The molecule has 1 aliphatic heterocycles. The first-order chi connectivity index (χ1) is 6.66. The van der Waals surface area contributed by atoms with Gasteiger partial charge in [0.15, 0.2) is 0 Å². The van der Waals surface area contributed by atoms with Crippen molar-refractivity contribution in [1.82, 2.24) is 0 Å². The molecule has 0 aromatic heterocycles. The number of nitrogen functional groups attached to an aromatic ring is 1. The molecule has 1 unspecified atom stereocenters. The largest absolute Gasteiger partial charge is 0.399 e. The number of hydrogen-bond donors (Lipinski definition) is 2. The molecule has 0 radical (unpaired) electrons. The number of nitrogens with two attached hydrogens (primary N) is 1. The maximum absolute atomic E-state index is 11.5. The number of anilines is 2. The normalized spacial score (nSPS) is 20.9. The van der Waals surface area contributed by atoms with E-state index in [1.165, 1.54) is 0 Å². The van der Waals surface area contributed by atoms with E-state index in [0.29, 0.717) is 5.69 Å². The Morgan fingerprint density at radius 3 is 3.14 bits per heavy atom. The number of benzene rings is 1. The molecule has 1 atom stereocenters. The van der Waals surface area contributed by atoms with E-state index in [0.717, 1.165) is 16.3 Å². The van der Waals surface area contributed by atoms with Crippen molar-refractivity contribution in [3.05, 3.63) is 18.2 Å². The summed E-state index contributed by atoms with van der Waals surface area (Å²) in [6.45, 7) is 1.93. The number of fused-ring (bicyclic) bond motifs is 1. The number of hydrogen-bond acceptors (Lipinski definition) is 3. The Bertz CT molecular complexity index is 378. The van der Waals surface area contributed by atoms with Crippen molar-refractivity contribution in [3.8, 4) is 0 Å². The van der Waals surface area contributed by atoms with Crippen LogP contribution in [0, 0.1) is 5.92 Å². The number of thioether (sulfide) groups is 1. The molecule has 1 amide bonds. The molecule has 1 heterocycles. The number of nitrogens with one attached hydrogen (secondary N) is 1. The molecule has 0 fully saturated rings. The summed E-state index contributed by atoms with van der Waals surface area (Å²) in [6, 6.07) is 5.61. The van der Waals surface area contributed by atoms with Gasteiger partial charge < -0.3 is 11.1 Å². The Morgan fingerprint density at radius 1 is 1.57 bits per heavy atom. The second kappa shape index (κ2) is 3.53. The minimum absolute atomic E-state index is 0.0497. The molecule has 3 nitrogen and oxygen atoms in total. The predicted octanol–water partition coefficient (Wildman–Crippen LogP) is 1.95. The summed E-state index contributed by atoms with van der Waals surface area (Å²) >= 11 is 1.69. The molecule has 74 valence electrons. The van der Waals surface area contributed by atoms with Gasteiger partial charge in [0, 0.05) is 22.3 Å². The molecule has 0 saturated carbocycles. The van der Waals surface area contributed by atoms with Gasteiger partial charge in [0.25, 0.3) is 0 Å². The smallest absolute Gasteiger partial charge is 0.228 e. The lowest BCUT2D eigenvalue weighted by atomic mass is 10.2. The summed E-state index contributed by atoms with van der Waals surface area (Å²) in [6.07, 6.45) is 0. The summed E-state index contributed by atoms with van der Waals surface area (Å²) in [5.74, 6) is 0.943. The molecule has 0 bridgehead atoms.